The second kappa shape index (κ2) is 6.87. The van der Waals surface area contributed by atoms with Gasteiger partial charge in [0.25, 0.3) is 0 Å². The average molecular weight is 392 g/mol. The lowest BCUT2D eigenvalue weighted by Crippen LogP contribution is -2.33. The Labute approximate surface area is 167 Å². The molecule has 3 aromatic rings. The summed E-state index contributed by atoms with van der Waals surface area (Å²) >= 11 is 1.72. The molecule has 0 amide bonds. The summed E-state index contributed by atoms with van der Waals surface area (Å²) in [6.07, 6.45) is 0.522. The zero-order valence-corrected chi connectivity index (χ0v) is 16.5. The molecule has 2 aliphatic rings. The van der Waals surface area contributed by atoms with Crippen LogP contribution in [0.2, 0.25) is 0 Å². The van der Waals surface area contributed by atoms with E-state index in [1.807, 2.05) is 36.4 Å². The fourth-order valence-electron chi connectivity index (χ4n) is 3.82. The molecule has 0 radical (unpaired) electrons. The normalized spacial score (nSPS) is 20.1. The van der Waals surface area contributed by atoms with E-state index in [1.165, 1.54) is 4.88 Å². The number of ether oxygens (including phenoxy) is 3. The Kier molecular flexibility index (Phi) is 4.20. The lowest BCUT2D eigenvalue weighted by molar-refractivity contribution is -0.0209. The van der Waals surface area contributed by atoms with Gasteiger partial charge < -0.3 is 14.2 Å². The standard InChI is InChI=1S/C22H20N2O3S/c1-25-15-10-8-14(9-11-15)22-24-18(13-17(23-24)20-7-4-12-28-20)16-5-3-6-19(26-2)21(16)27-22/h3-12,18,22H,13H2,1-2H3/t18-,22-/m0/s1. The minimum atomic E-state index is -0.322. The molecular formula is C22H20N2O3S. The Morgan fingerprint density at radius 3 is 2.61 bits per heavy atom. The van der Waals surface area contributed by atoms with Gasteiger partial charge in [-0.25, -0.2) is 5.01 Å². The van der Waals surface area contributed by atoms with Crippen LogP contribution in [0.3, 0.4) is 0 Å². The summed E-state index contributed by atoms with van der Waals surface area (Å²) < 4.78 is 17.3. The van der Waals surface area contributed by atoms with Crippen molar-refractivity contribution in [1.82, 2.24) is 5.01 Å². The molecule has 0 spiro atoms. The van der Waals surface area contributed by atoms with E-state index in [-0.39, 0.29) is 12.3 Å². The number of methoxy groups -OCH3 is 2. The highest BCUT2D eigenvalue weighted by Crippen LogP contribution is 2.50. The van der Waals surface area contributed by atoms with Crippen molar-refractivity contribution in [2.24, 2.45) is 5.10 Å². The molecule has 0 N–H and O–H groups in total. The van der Waals surface area contributed by atoms with Crippen molar-refractivity contribution in [3.63, 3.8) is 0 Å². The van der Waals surface area contributed by atoms with E-state index in [0.29, 0.717) is 0 Å². The summed E-state index contributed by atoms with van der Waals surface area (Å²) in [5.41, 5.74) is 3.23. The minimum absolute atomic E-state index is 0.114. The molecule has 28 heavy (non-hydrogen) atoms. The predicted octanol–water partition coefficient (Wildman–Crippen LogP) is 5.01. The smallest absolute Gasteiger partial charge is 0.214 e. The second-order valence-corrected chi connectivity index (χ2v) is 7.69. The molecule has 0 fully saturated rings. The van der Waals surface area contributed by atoms with Crippen molar-refractivity contribution in [3.8, 4) is 17.2 Å². The van der Waals surface area contributed by atoms with Gasteiger partial charge in [-0.2, -0.15) is 5.10 Å². The topological polar surface area (TPSA) is 43.3 Å². The maximum absolute atomic E-state index is 6.45. The number of para-hydroxylation sites is 1. The molecule has 0 aliphatic carbocycles. The SMILES string of the molecule is COc1ccc([C@@H]2Oc3c(OC)cccc3[C@@H]3CC(c4cccs4)=NN32)cc1. The molecule has 5 nitrogen and oxygen atoms in total. The number of hydrogen-bond acceptors (Lipinski definition) is 6. The molecule has 1 aromatic heterocycles. The lowest BCUT2D eigenvalue weighted by Gasteiger charge is -2.38. The number of hydrazone groups is 1. The van der Waals surface area contributed by atoms with Gasteiger partial charge in [-0.1, -0.05) is 18.2 Å². The van der Waals surface area contributed by atoms with Crippen LogP contribution in [0.4, 0.5) is 0 Å². The molecule has 0 bridgehead atoms. The van der Waals surface area contributed by atoms with Crippen molar-refractivity contribution in [3.05, 3.63) is 76.0 Å². The second-order valence-electron chi connectivity index (χ2n) is 6.75. The number of fused-ring (bicyclic) bond motifs is 3. The number of nitrogens with zero attached hydrogens (tertiary/aromatic N) is 2. The molecule has 142 valence electrons. The molecule has 0 saturated carbocycles. The summed E-state index contributed by atoms with van der Waals surface area (Å²) in [5, 5.41) is 9.14. The van der Waals surface area contributed by atoms with Crippen LogP contribution in [-0.4, -0.2) is 24.9 Å². The summed E-state index contributed by atoms with van der Waals surface area (Å²) in [6.45, 7) is 0. The third-order valence-electron chi connectivity index (χ3n) is 5.21. The molecule has 5 rings (SSSR count). The first-order chi connectivity index (χ1) is 13.8. The van der Waals surface area contributed by atoms with Crippen molar-refractivity contribution in [1.29, 1.82) is 0 Å². The zero-order valence-electron chi connectivity index (χ0n) is 15.7. The van der Waals surface area contributed by atoms with Gasteiger partial charge in [0.2, 0.25) is 6.23 Å². The maximum Gasteiger partial charge on any atom is 0.214 e. The first-order valence-electron chi connectivity index (χ1n) is 9.15. The molecule has 2 aliphatic heterocycles. The molecule has 0 unspecified atom stereocenters. The van der Waals surface area contributed by atoms with Gasteiger partial charge >= 0.3 is 0 Å². The van der Waals surface area contributed by atoms with Crippen molar-refractivity contribution < 1.29 is 14.2 Å². The first-order valence-corrected chi connectivity index (χ1v) is 10.0. The van der Waals surface area contributed by atoms with Gasteiger partial charge in [-0.3, -0.25) is 0 Å². The van der Waals surface area contributed by atoms with Crippen LogP contribution >= 0.6 is 11.3 Å². The Hall–Kier alpha value is -2.99. The van der Waals surface area contributed by atoms with Crippen molar-refractivity contribution in [2.45, 2.75) is 18.7 Å². The molecular weight excluding hydrogens is 372 g/mol. The lowest BCUT2D eigenvalue weighted by atomic mass is 9.97. The van der Waals surface area contributed by atoms with Crippen LogP contribution in [0.25, 0.3) is 0 Å². The third-order valence-corrected chi connectivity index (χ3v) is 6.13. The van der Waals surface area contributed by atoms with Crippen LogP contribution in [0.15, 0.2) is 65.1 Å². The van der Waals surface area contributed by atoms with Crippen LogP contribution in [0.1, 0.15) is 34.7 Å². The zero-order chi connectivity index (χ0) is 19.1. The van der Waals surface area contributed by atoms with Gasteiger partial charge in [-0.05, 0) is 41.8 Å². The van der Waals surface area contributed by atoms with E-state index in [9.17, 15) is 0 Å². The number of thiophene rings is 1. The summed E-state index contributed by atoms with van der Waals surface area (Å²) in [6, 6.07) is 18.3. The highest BCUT2D eigenvalue weighted by atomic mass is 32.1. The first kappa shape index (κ1) is 17.1. The molecule has 3 heterocycles. The minimum Gasteiger partial charge on any atom is -0.497 e. The highest BCUT2D eigenvalue weighted by Gasteiger charge is 2.42. The Balaban J connectivity index is 1.61. The van der Waals surface area contributed by atoms with E-state index >= 15 is 0 Å². The van der Waals surface area contributed by atoms with Gasteiger partial charge in [0.1, 0.15) is 5.75 Å². The Morgan fingerprint density at radius 2 is 1.89 bits per heavy atom. The van der Waals surface area contributed by atoms with Crippen molar-refractivity contribution in [2.75, 3.05) is 14.2 Å². The van der Waals surface area contributed by atoms with Gasteiger partial charge in [0.05, 0.1) is 30.9 Å². The Bertz CT molecular complexity index is 1010. The number of rotatable bonds is 4. The van der Waals surface area contributed by atoms with E-state index in [0.717, 1.165) is 40.5 Å². The summed E-state index contributed by atoms with van der Waals surface area (Å²) in [4.78, 5) is 1.20. The third kappa shape index (κ3) is 2.72. The van der Waals surface area contributed by atoms with Gasteiger partial charge in [0.15, 0.2) is 11.5 Å². The monoisotopic (exact) mass is 392 g/mol. The van der Waals surface area contributed by atoms with Crippen LogP contribution in [0, 0.1) is 0 Å². The quantitative estimate of drug-likeness (QED) is 0.626. The largest absolute Gasteiger partial charge is 0.497 e. The van der Waals surface area contributed by atoms with Crippen LogP contribution in [0.5, 0.6) is 17.2 Å². The van der Waals surface area contributed by atoms with Gasteiger partial charge in [-0.15, -0.1) is 11.3 Å². The van der Waals surface area contributed by atoms with Crippen LogP contribution in [-0.2, 0) is 0 Å². The number of benzene rings is 2. The van der Waals surface area contributed by atoms with Crippen LogP contribution < -0.4 is 14.2 Å². The fourth-order valence-corrected chi connectivity index (χ4v) is 4.55. The fraction of sp³-hybridized carbons (Fsp3) is 0.227. The van der Waals surface area contributed by atoms with E-state index < -0.39 is 0 Å². The summed E-state index contributed by atoms with van der Waals surface area (Å²) in [7, 11) is 3.34. The maximum atomic E-state index is 6.45. The molecule has 2 aromatic carbocycles. The van der Waals surface area contributed by atoms with Gasteiger partial charge in [0, 0.05) is 17.5 Å². The average Bonchev–Trinajstić information content (AvgIpc) is 3.42. The Morgan fingerprint density at radius 1 is 1.04 bits per heavy atom. The van der Waals surface area contributed by atoms with E-state index in [2.05, 4.69) is 28.6 Å². The molecule has 0 saturated heterocycles. The molecule has 2 atom stereocenters. The highest BCUT2D eigenvalue weighted by molar-refractivity contribution is 7.12. The molecule has 6 heteroatoms. The predicted molar refractivity (Wildman–Crippen MR) is 109 cm³/mol. The van der Waals surface area contributed by atoms with Crippen molar-refractivity contribution >= 4 is 17.0 Å². The van der Waals surface area contributed by atoms with E-state index in [4.69, 9.17) is 19.3 Å². The number of hydrogen-bond donors (Lipinski definition) is 0. The van der Waals surface area contributed by atoms with E-state index in [1.54, 1.807) is 25.6 Å². The summed E-state index contributed by atoms with van der Waals surface area (Å²) in [5.74, 6) is 2.37.